The van der Waals surface area contributed by atoms with E-state index in [1.807, 2.05) is 17.7 Å². The topological polar surface area (TPSA) is 118 Å². The molecule has 0 bridgehead atoms. The van der Waals surface area contributed by atoms with Gasteiger partial charge in [-0.2, -0.15) is 5.10 Å². The number of likely N-dealkylation sites (tertiary alicyclic amines) is 1. The molecule has 1 fully saturated rings. The van der Waals surface area contributed by atoms with E-state index in [4.69, 9.17) is 16.6 Å². The Bertz CT molecular complexity index is 1670. The molecule has 6 rings (SSSR count). The molecule has 2 N–H and O–H groups in total. The van der Waals surface area contributed by atoms with Crippen LogP contribution in [0.4, 0.5) is 8.78 Å². The van der Waals surface area contributed by atoms with Crippen LogP contribution in [0.2, 0.25) is 5.02 Å². The van der Waals surface area contributed by atoms with Gasteiger partial charge in [0.2, 0.25) is 0 Å². The molecular weight excluding hydrogens is 528 g/mol. The highest BCUT2D eigenvalue weighted by Gasteiger charge is 2.32. The number of pyridine rings is 2. The summed E-state index contributed by atoms with van der Waals surface area (Å²) < 4.78 is 31.3. The molecule has 5 aromatic rings. The van der Waals surface area contributed by atoms with Crippen molar-refractivity contribution in [3.63, 3.8) is 0 Å². The summed E-state index contributed by atoms with van der Waals surface area (Å²) in [6, 6.07) is 7.94. The number of fused-ring (bicyclic) bond motifs is 1. The van der Waals surface area contributed by atoms with Crippen LogP contribution in [0.25, 0.3) is 34.1 Å². The number of hydrogen-bond donors (Lipinski definition) is 2. The zero-order chi connectivity index (χ0) is 27.1. The molecule has 39 heavy (non-hydrogen) atoms. The second-order valence-corrected chi connectivity index (χ2v) is 9.87. The van der Waals surface area contributed by atoms with E-state index in [1.54, 1.807) is 6.20 Å². The van der Waals surface area contributed by atoms with Crippen molar-refractivity contribution < 1.29 is 13.6 Å². The Balaban J connectivity index is 1.41. The van der Waals surface area contributed by atoms with Gasteiger partial charge in [-0.3, -0.25) is 14.9 Å². The Morgan fingerprint density at radius 2 is 2.00 bits per heavy atom. The number of hydrogen-bond acceptors (Lipinski definition) is 7. The van der Waals surface area contributed by atoms with E-state index in [-0.39, 0.29) is 28.4 Å². The molecule has 1 aliphatic heterocycles. The molecule has 198 valence electrons. The second kappa shape index (κ2) is 10.1. The van der Waals surface area contributed by atoms with Crippen molar-refractivity contribution in [1.82, 2.24) is 44.9 Å². The van der Waals surface area contributed by atoms with Crippen LogP contribution in [-0.2, 0) is 0 Å². The standard InChI is InChI=1S/C26H22ClF2N9O/c1-37-11-15(34-26(39)17-7-14(27)4-5-18(17)28)8-16(12-37)38-22-9-20(24-32-13-33-36-24)31-10-21(22)35-25(38)23-19(29)3-2-6-30-23/h2-7,9-10,13,15-16H,8,11-12H2,1H3,(H,34,39)(H,32,33,36). The van der Waals surface area contributed by atoms with Gasteiger partial charge in [0.25, 0.3) is 5.91 Å². The van der Waals surface area contributed by atoms with Crippen molar-refractivity contribution in [2.45, 2.75) is 18.5 Å². The van der Waals surface area contributed by atoms with Crippen LogP contribution in [0.15, 0.2) is 55.1 Å². The first kappa shape index (κ1) is 25.0. The van der Waals surface area contributed by atoms with E-state index in [9.17, 15) is 13.6 Å². The first-order valence-electron chi connectivity index (χ1n) is 12.2. The lowest BCUT2D eigenvalue weighted by Crippen LogP contribution is -2.50. The quantitative estimate of drug-likeness (QED) is 0.341. The lowest BCUT2D eigenvalue weighted by molar-refractivity contribution is 0.0890. The van der Waals surface area contributed by atoms with Gasteiger partial charge in [-0.25, -0.2) is 23.7 Å². The number of nitrogens with one attached hydrogen (secondary N) is 2. The SMILES string of the molecule is CN1CC(NC(=O)c2cc(Cl)ccc2F)CC(n2c(-c3ncccc3F)nc3cnc(-c4ncn[nH]4)cc32)C1. The molecule has 10 nitrogen and oxygen atoms in total. The Hall–Kier alpha value is -4.29. The molecule has 1 saturated heterocycles. The number of likely N-dealkylation sites (N-methyl/N-ethyl adjacent to an activating group) is 1. The first-order valence-corrected chi connectivity index (χ1v) is 12.5. The summed E-state index contributed by atoms with van der Waals surface area (Å²) in [5.41, 5.74) is 1.76. The molecule has 0 saturated carbocycles. The largest absolute Gasteiger partial charge is 0.348 e. The predicted molar refractivity (Wildman–Crippen MR) is 140 cm³/mol. The molecule has 1 amide bonds. The van der Waals surface area contributed by atoms with Gasteiger partial charge in [-0.15, -0.1) is 0 Å². The number of halogens is 3. The summed E-state index contributed by atoms with van der Waals surface area (Å²) in [7, 11) is 1.92. The number of H-pyrrole nitrogens is 1. The number of imidazole rings is 1. The van der Waals surface area contributed by atoms with Gasteiger partial charge in [-0.05, 0) is 49.9 Å². The third-order valence-electron chi connectivity index (χ3n) is 6.69. The monoisotopic (exact) mass is 549 g/mol. The molecular formula is C26H22ClF2N9O. The van der Waals surface area contributed by atoms with Crippen LogP contribution in [0.5, 0.6) is 0 Å². The lowest BCUT2D eigenvalue weighted by Gasteiger charge is -2.37. The Kier molecular flexibility index (Phi) is 6.49. The number of carbonyl (C=O) groups excluding carboxylic acids is 1. The summed E-state index contributed by atoms with van der Waals surface area (Å²) in [4.78, 5) is 32.6. The Morgan fingerprint density at radius 1 is 1.13 bits per heavy atom. The van der Waals surface area contributed by atoms with E-state index >= 15 is 0 Å². The average Bonchev–Trinajstić information content (AvgIpc) is 3.58. The number of aromatic nitrogens is 7. The highest BCUT2D eigenvalue weighted by molar-refractivity contribution is 6.31. The molecule has 4 aromatic heterocycles. The molecule has 2 atom stereocenters. The van der Waals surface area contributed by atoms with E-state index in [0.29, 0.717) is 47.9 Å². The maximum Gasteiger partial charge on any atom is 0.254 e. The molecule has 1 aromatic carbocycles. The summed E-state index contributed by atoms with van der Waals surface area (Å²) in [6.45, 7) is 1.12. The third-order valence-corrected chi connectivity index (χ3v) is 6.92. The normalized spacial score (nSPS) is 17.9. The molecule has 0 spiro atoms. The second-order valence-electron chi connectivity index (χ2n) is 9.44. The summed E-state index contributed by atoms with van der Waals surface area (Å²) in [5, 5.41) is 9.91. The number of amides is 1. The van der Waals surface area contributed by atoms with Crippen molar-refractivity contribution in [1.29, 1.82) is 0 Å². The number of carbonyl (C=O) groups is 1. The van der Waals surface area contributed by atoms with E-state index in [1.165, 1.54) is 42.9 Å². The van der Waals surface area contributed by atoms with Gasteiger partial charge in [0.1, 0.15) is 29.0 Å². The zero-order valence-electron chi connectivity index (χ0n) is 20.6. The van der Waals surface area contributed by atoms with Gasteiger partial charge in [0.15, 0.2) is 17.5 Å². The number of benzene rings is 1. The van der Waals surface area contributed by atoms with Crippen LogP contribution in [0, 0.1) is 11.6 Å². The zero-order valence-corrected chi connectivity index (χ0v) is 21.4. The fourth-order valence-corrected chi connectivity index (χ4v) is 5.23. The number of aromatic amines is 1. The molecule has 0 aliphatic carbocycles. The van der Waals surface area contributed by atoms with Crippen LogP contribution in [0.3, 0.4) is 0 Å². The van der Waals surface area contributed by atoms with Crippen molar-refractivity contribution >= 4 is 28.5 Å². The van der Waals surface area contributed by atoms with Crippen molar-refractivity contribution in [2.24, 2.45) is 0 Å². The maximum absolute atomic E-state index is 15.0. The van der Waals surface area contributed by atoms with Gasteiger partial charge in [0, 0.05) is 30.4 Å². The summed E-state index contributed by atoms with van der Waals surface area (Å²) in [6.07, 6.45) is 4.97. The van der Waals surface area contributed by atoms with E-state index < -0.39 is 17.5 Å². The van der Waals surface area contributed by atoms with Gasteiger partial charge < -0.3 is 14.8 Å². The van der Waals surface area contributed by atoms with Gasteiger partial charge >= 0.3 is 0 Å². The maximum atomic E-state index is 15.0. The van der Waals surface area contributed by atoms with Crippen molar-refractivity contribution in [2.75, 3.05) is 20.1 Å². The highest BCUT2D eigenvalue weighted by Crippen LogP contribution is 2.34. The molecule has 0 radical (unpaired) electrons. The smallest absolute Gasteiger partial charge is 0.254 e. The van der Waals surface area contributed by atoms with Crippen molar-refractivity contribution in [3.05, 3.63) is 77.3 Å². The van der Waals surface area contributed by atoms with Crippen molar-refractivity contribution in [3.8, 4) is 23.0 Å². The summed E-state index contributed by atoms with van der Waals surface area (Å²) >= 11 is 5.99. The van der Waals surface area contributed by atoms with E-state index in [2.05, 4.69) is 35.4 Å². The van der Waals surface area contributed by atoms with Crippen LogP contribution >= 0.6 is 11.6 Å². The predicted octanol–water partition coefficient (Wildman–Crippen LogP) is 3.89. The van der Waals surface area contributed by atoms with Crippen LogP contribution < -0.4 is 5.32 Å². The minimum Gasteiger partial charge on any atom is -0.348 e. The number of nitrogens with zero attached hydrogens (tertiary/aromatic N) is 7. The minimum absolute atomic E-state index is 0.102. The molecule has 5 heterocycles. The lowest BCUT2D eigenvalue weighted by atomic mass is 9.99. The average molecular weight is 550 g/mol. The minimum atomic E-state index is -0.654. The third kappa shape index (κ3) is 4.84. The molecule has 2 unspecified atom stereocenters. The molecule has 1 aliphatic rings. The van der Waals surface area contributed by atoms with E-state index in [0.717, 1.165) is 0 Å². The number of piperidine rings is 1. The van der Waals surface area contributed by atoms with Crippen LogP contribution in [-0.4, -0.2) is 71.7 Å². The number of rotatable bonds is 5. The fraction of sp³-hybridized carbons (Fsp3) is 0.231. The Morgan fingerprint density at radius 3 is 2.79 bits per heavy atom. The van der Waals surface area contributed by atoms with Gasteiger partial charge in [0.05, 0.1) is 23.3 Å². The first-order chi connectivity index (χ1) is 18.9. The highest BCUT2D eigenvalue weighted by atomic mass is 35.5. The Labute approximate surface area is 226 Å². The molecule has 13 heteroatoms. The summed E-state index contributed by atoms with van der Waals surface area (Å²) in [5.74, 6) is -0.908. The fourth-order valence-electron chi connectivity index (χ4n) is 5.06. The van der Waals surface area contributed by atoms with Crippen LogP contribution in [0.1, 0.15) is 22.8 Å². The van der Waals surface area contributed by atoms with Gasteiger partial charge in [-0.1, -0.05) is 11.6 Å².